The molecule has 0 atom stereocenters. The summed E-state index contributed by atoms with van der Waals surface area (Å²) in [5.41, 5.74) is 12.4. The predicted octanol–water partition coefficient (Wildman–Crippen LogP) is 3.19. The summed E-state index contributed by atoms with van der Waals surface area (Å²) < 4.78 is 5.18. The molecule has 0 spiro atoms. The number of carbonyl (C=O) groups is 2. The molecular weight excluding hydrogens is 308 g/mol. The summed E-state index contributed by atoms with van der Waals surface area (Å²) in [5.74, 6) is -1.25. The Morgan fingerprint density at radius 2 is 1.21 bits per heavy atom. The number of aromatic carboxylic acids is 1. The highest BCUT2D eigenvalue weighted by Crippen LogP contribution is 2.13. The van der Waals surface area contributed by atoms with Crippen LogP contribution in [0.2, 0.25) is 0 Å². The maximum absolute atomic E-state index is 11.5. The second kappa shape index (κ2) is 8.01. The molecule has 0 radical (unpaired) electrons. The second-order valence-corrected chi connectivity index (χ2v) is 6.05. The molecule has 0 aliphatic heterocycles. The summed E-state index contributed by atoms with van der Waals surface area (Å²) in [4.78, 5) is 21.8. The third-order valence-corrected chi connectivity index (χ3v) is 2.70. The standard InChI is InChI=1S/C11H15NO2.C7H7NO2/c1-11(2,3)14-10(13)8-4-6-9(12)7-5-8;8-6-3-1-5(2-4-6)7(9)10/h4-7H,12H2,1-3H3;1-4H,8H2,(H,9,10). The van der Waals surface area contributed by atoms with E-state index in [9.17, 15) is 9.59 Å². The smallest absolute Gasteiger partial charge is 0.338 e. The lowest BCUT2D eigenvalue weighted by molar-refractivity contribution is 0.00694. The molecule has 6 nitrogen and oxygen atoms in total. The van der Waals surface area contributed by atoms with Crippen molar-refractivity contribution in [1.82, 2.24) is 0 Å². The Bertz CT molecular complexity index is 686. The van der Waals surface area contributed by atoms with Crippen molar-refractivity contribution in [3.63, 3.8) is 0 Å². The third kappa shape index (κ3) is 6.83. The number of carbonyl (C=O) groups excluding carboxylic acids is 1. The van der Waals surface area contributed by atoms with Crippen LogP contribution in [0.3, 0.4) is 0 Å². The van der Waals surface area contributed by atoms with Gasteiger partial charge < -0.3 is 21.3 Å². The van der Waals surface area contributed by atoms with Crippen LogP contribution < -0.4 is 11.5 Å². The summed E-state index contributed by atoms with van der Waals surface area (Å²) in [6, 6.07) is 12.7. The minimum Gasteiger partial charge on any atom is -0.478 e. The number of rotatable bonds is 2. The minimum absolute atomic E-state index is 0.259. The van der Waals surface area contributed by atoms with Crippen LogP contribution in [0.4, 0.5) is 11.4 Å². The van der Waals surface area contributed by atoms with E-state index < -0.39 is 11.6 Å². The lowest BCUT2D eigenvalue weighted by atomic mass is 10.1. The van der Waals surface area contributed by atoms with Gasteiger partial charge in [-0.05, 0) is 69.3 Å². The van der Waals surface area contributed by atoms with Crippen molar-refractivity contribution in [2.75, 3.05) is 11.5 Å². The Morgan fingerprint density at radius 3 is 1.54 bits per heavy atom. The number of hydrogen-bond acceptors (Lipinski definition) is 5. The molecule has 0 heterocycles. The average Bonchev–Trinajstić information content (AvgIpc) is 2.47. The molecule has 2 aromatic carbocycles. The fourth-order valence-electron chi connectivity index (χ4n) is 1.58. The zero-order valence-corrected chi connectivity index (χ0v) is 13.9. The molecule has 0 aromatic heterocycles. The SMILES string of the molecule is CC(C)(C)OC(=O)c1ccc(N)cc1.Nc1ccc(C(=O)O)cc1. The lowest BCUT2D eigenvalue weighted by Gasteiger charge is -2.19. The molecule has 24 heavy (non-hydrogen) atoms. The van der Waals surface area contributed by atoms with Crippen LogP contribution in [0, 0.1) is 0 Å². The van der Waals surface area contributed by atoms with Gasteiger partial charge >= 0.3 is 11.9 Å². The summed E-state index contributed by atoms with van der Waals surface area (Å²) in [6.45, 7) is 5.51. The maximum atomic E-state index is 11.5. The number of nitrogens with two attached hydrogens (primary N) is 2. The van der Waals surface area contributed by atoms with Crippen molar-refractivity contribution in [2.24, 2.45) is 0 Å². The van der Waals surface area contributed by atoms with Gasteiger partial charge in [0, 0.05) is 11.4 Å². The number of ether oxygens (including phenoxy) is 1. The molecule has 2 aromatic rings. The normalized spacial score (nSPS) is 10.3. The quantitative estimate of drug-likeness (QED) is 0.575. The van der Waals surface area contributed by atoms with E-state index in [0.29, 0.717) is 16.9 Å². The van der Waals surface area contributed by atoms with Crippen LogP contribution in [0.25, 0.3) is 0 Å². The Hall–Kier alpha value is -3.02. The van der Waals surface area contributed by atoms with E-state index in [1.54, 1.807) is 36.4 Å². The number of nitrogen functional groups attached to an aromatic ring is 2. The van der Waals surface area contributed by atoms with E-state index in [-0.39, 0.29) is 11.5 Å². The van der Waals surface area contributed by atoms with Crippen molar-refractivity contribution in [3.05, 3.63) is 59.7 Å². The first kappa shape index (κ1) is 19.0. The highest BCUT2D eigenvalue weighted by Gasteiger charge is 2.17. The number of esters is 1. The van der Waals surface area contributed by atoms with Gasteiger partial charge in [-0.15, -0.1) is 0 Å². The number of carboxylic acids is 1. The van der Waals surface area contributed by atoms with Crippen molar-refractivity contribution < 1.29 is 19.4 Å². The molecule has 5 N–H and O–H groups in total. The van der Waals surface area contributed by atoms with Gasteiger partial charge in [0.05, 0.1) is 11.1 Å². The molecule has 6 heteroatoms. The molecule has 0 saturated heterocycles. The average molecular weight is 330 g/mol. The van der Waals surface area contributed by atoms with Crippen LogP contribution in [-0.2, 0) is 4.74 Å². The first-order valence-electron chi connectivity index (χ1n) is 7.26. The van der Waals surface area contributed by atoms with Crippen LogP contribution in [0.1, 0.15) is 41.5 Å². The highest BCUT2D eigenvalue weighted by atomic mass is 16.6. The summed E-state index contributed by atoms with van der Waals surface area (Å²) in [5, 5.41) is 8.43. The Labute approximate surface area is 141 Å². The number of anilines is 2. The van der Waals surface area contributed by atoms with Gasteiger partial charge in [0.2, 0.25) is 0 Å². The van der Waals surface area contributed by atoms with Crippen LogP contribution in [-0.4, -0.2) is 22.6 Å². The van der Waals surface area contributed by atoms with Gasteiger partial charge in [0.1, 0.15) is 5.60 Å². The highest BCUT2D eigenvalue weighted by molar-refractivity contribution is 5.90. The van der Waals surface area contributed by atoms with Crippen LogP contribution in [0.15, 0.2) is 48.5 Å². The molecule has 0 fully saturated rings. The molecule has 2 rings (SSSR count). The van der Waals surface area contributed by atoms with Gasteiger partial charge in [-0.2, -0.15) is 0 Å². The molecule has 0 bridgehead atoms. The largest absolute Gasteiger partial charge is 0.478 e. The first-order chi connectivity index (χ1) is 11.1. The summed E-state index contributed by atoms with van der Waals surface area (Å²) in [7, 11) is 0. The van der Waals surface area contributed by atoms with E-state index in [4.69, 9.17) is 21.3 Å². The third-order valence-electron chi connectivity index (χ3n) is 2.70. The van der Waals surface area contributed by atoms with Crippen molar-refractivity contribution >= 4 is 23.3 Å². The minimum atomic E-state index is -0.931. The summed E-state index contributed by atoms with van der Waals surface area (Å²) in [6.07, 6.45) is 0. The van der Waals surface area contributed by atoms with Crippen molar-refractivity contribution in [3.8, 4) is 0 Å². The topological polar surface area (TPSA) is 116 Å². The molecule has 0 unspecified atom stereocenters. The molecule has 128 valence electrons. The Kier molecular flexibility index (Phi) is 6.35. The van der Waals surface area contributed by atoms with Gasteiger partial charge in [0.25, 0.3) is 0 Å². The predicted molar refractivity (Wildman–Crippen MR) is 93.8 cm³/mol. The first-order valence-corrected chi connectivity index (χ1v) is 7.26. The Balaban J connectivity index is 0.000000254. The van der Waals surface area contributed by atoms with E-state index in [0.717, 1.165) is 0 Å². The van der Waals surface area contributed by atoms with Gasteiger partial charge in [-0.1, -0.05) is 0 Å². The summed E-state index contributed by atoms with van der Waals surface area (Å²) >= 11 is 0. The van der Waals surface area contributed by atoms with Gasteiger partial charge in [0.15, 0.2) is 0 Å². The van der Waals surface area contributed by atoms with Crippen molar-refractivity contribution in [1.29, 1.82) is 0 Å². The van der Waals surface area contributed by atoms with Crippen LogP contribution in [0.5, 0.6) is 0 Å². The number of hydrogen-bond donors (Lipinski definition) is 3. The van der Waals surface area contributed by atoms with E-state index in [2.05, 4.69) is 0 Å². The van der Waals surface area contributed by atoms with Gasteiger partial charge in [-0.25, -0.2) is 9.59 Å². The fourth-order valence-corrected chi connectivity index (χ4v) is 1.58. The van der Waals surface area contributed by atoms with Crippen LogP contribution >= 0.6 is 0 Å². The van der Waals surface area contributed by atoms with E-state index in [1.165, 1.54) is 12.1 Å². The molecule has 0 saturated carbocycles. The molecule has 0 amide bonds. The van der Waals surface area contributed by atoms with Crippen molar-refractivity contribution in [2.45, 2.75) is 26.4 Å². The second-order valence-electron chi connectivity index (χ2n) is 6.05. The molecule has 0 aliphatic rings. The lowest BCUT2D eigenvalue weighted by Crippen LogP contribution is -2.23. The molecule has 0 aliphatic carbocycles. The maximum Gasteiger partial charge on any atom is 0.338 e. The zero-order valence-electron chi connectivity index (χ0n) is 13.9. The zero-order chi connectivity index (χ0) is 18.3. The number of carboxylic acid groups (broad SMARTS) is 1. The number of benzene rings is 2. The van der Waals surface area contributed by atoms with Gasteiger partial charge in [-0.3, -0.25) is 0 Å². The Morgan fingerprint density at radius 1 is 0.833 bits per heavy atom. The fraction of sp³-hybridized carbons (Fsp3) is 0.222. The van der Waals surface area contributed by atoms with E-state index >= 15 is 0 Å². The van der Waals surface area contributed by atoms with E-state index in [1.807, 2.05) is 20.8 Å². The monoisotopic (exact) mass is 330 g/mol. The molecular formula is C18H22N2O4.